The minimum absolute atomic E-state index is 0.772. The number of hydrogen-bond donors (Lipinski definition) is 1. The lowest BCUT2D eigenvalue weighted by Crippen LogP contribution is -2.36. The van der Waals surface area contributed by atoms with Crippen molar-refractivity contribution in [2.75, 3.05) is 51.0 Å². The molecule has 1 fully saturated rings. The summed E-state index contributed by atoms with van der Waals surface area (Å²) in [6, 6.07) is 0. The van der Waals surface area contributed by atoms with Gasteiger partial charge in [0.05, 0.1) is 0 Å². The van der Waals surface area contributed by atoms with Crippen LogP contribution in [0.3, 0.4) is 0 Å². The van der Waals surface area contributed by atoms with Crippen molar-refractivity contribution in [1.82, 2.24) is 14.9 Å². The standard InChI is InChI=1S/C14H25N5/c1-11-13(15-2)16-10-17-14(11)19(4)9-12-5-7-18(3)8-6-12/h10,12H,5-9H2,1-4H3,(H,15,16,17). The van der Waals surface area contributed by atoms with Crippen molar-refractivity contribution in [3.8, 4) is 0 Å². The molecule has 1 N–H and O–H groups in total. The lowest BCUT2D eigenvalue weighted by Gasteiger charge is -2.32. The molecule has 0 unspecified atom stereocenters. The van der Waals surface area contributed by atoms with Crippen molar-refractivity contribution in [3.05, 3.63) is 11.9 Å². The van der Waals surface area contributed by atoms with Crippen molar-refractivity contribution < 1.29 is 0 Å². The van der Waals surface area contributed by atoms with E-state index in [0.717, 1.165) is 29.7 Å². The van der Waals surface area contributed by atoms with Crippen LogP contribution in [-0.2, 0) is 0 Å². The Labute approximate surface area is 116 Å². The fourth-order valence-electron chi connectivity index (χ4n) is 2.80. The smallest absolute Gasteiger partial charge is 0.136 e. The minimum Gasteiger partial charge on any atom is -0.373 e. The summed E-state index contributed by atoms with van der Waals surface area (Å²) < 4.78 is 0. The molecular weight excluding hydrogens is 238 g/mol. The number of rotatable bonds is 4. The third-order valence-electron chi connectivity index (χ3n) is 4.03. The van der Waals surface area contributed by atoms with Gasteiger partial charge in [0.2, 0.25) is 0 Å². The van der Waals surface area contributed by atoms with E-state index in [2.05, 4.69) is 46.1 Å². The van der Waals surface area contributed by atoms with Crippen molar-refractivity contribution in [3.63, 3.8) is 0 Å². The van der Waals surface area contributed by atoms with Crippen LogP contribution in [0, 0.1) is 12.8 Å². The summed E-state index contributed by atoms with van der Waals surface area (Å²) in [7, 11) is 6.23. The molecule has 0 bridgehead atoms. The number of hydrogen-bond acceptors (Lipinski definition) is 5. The third kappa shape index (κ3) is 3.35. The first-order chi connectivity index (χ1) is 9.11. The first-order valence-corrected chi connectivity index (χ1v) is 7.01. The highest BCUT2D eigenvalue weighted by Crippen LogP contribution is 2.24. The van der Waals surface area contributed by atoms with E-state index in [4.69, 9.17) is 0 Å². The van der Waals surface area contributed by atoms with Crippen LogP contribution in [0.15, 0.2) is 6.33 Å². The first-order valence-electron chi connectivity index (χ1n) is 7.01. The van der Waals surface area contributed by atoms with Gasteiger partial charge in [0.15, 0.2) is 0 Å². The zero-order valence-electron chi connectivity index (χ0n) is 12.5. The maximum Gasteiger partial charge on any atom is 0.136 e. The molecule has 1 aromatic rings. The highest BCUT2D eigenvalue weighted by Gasteiger charge is 2.20. The van der Waals surface area contributed by atoms with Crippen molar-refractivity contribution in [2.24, 2.45) is 5.92 Å². The first kappa shape index (κ1) is 14.1. The fourth-order valence-corrected chi connectivity index (χ4v) is 2.80. The summed E-state index contributed by atoms with van der Waals surface area (Å²) in [6.45, 7) is 5.58. The highest BCUT2D eigenvalue weighted by atomic mass is 15.2. The van der Waals surface area contributed by atoms with Gasteiger partial charge in [-0.05, 0) is 45.8 Å². The lowest BCUT2D eigenvalue weighted by molar-refractivity contribution is 0.222. The summed E-state index contributed by atoms with van der Waals surface area (Å²) in [5.41, 5.74) is 1.13. The summed E-state index contributed by atoms with van der Waals surface area (Å²) >= 11 is 0. The predicted octanol–water partition coefficient (Wildman–Crippen LogP) is 1.60. The van der Waals surface area contributed by atoms with Gasteiger partial charge in [-0.25, -0.2) is 9.97 Å². The Balaban J connectivity index is 2.01. The van der Waals surface area contributed by atoms with E-state index in [-0.39, 0.29) is 0 Å². The number of nitrogens with one attached hydrogen (secondary N) is 1. The Morgan fingerprint density at radius 3 is 2.68 bits per heavy atom. The molecule has 106 valence electrons. The Morgan fingerprint density at radius 2 is 2.05 bits per heavy atom. The average Bonchev–Trinajstić information content (AvgIpc) is 2.41. The molecule has 1 aliphatic rings. The van der Waals surface area contributed by atoms with Gasteiger partial charge in [-0.3, -0.25) is 0 Å². The zero-order chi connectivity index (χ0) is 13.8. The SMILES string of the molecule is CNc1ncnc(N(C)CC2CCN(C)CC2)c1C. The molecule has 0 atom stereocenters. The summed E-state index contributed by atoms with van der Waals surface area (Å²) in [5.74, 6) is 2.73. The molecule has 1 aliphatic heterocycles. The lowest BCUT2D eigenvalue weighted by atomic mass is 9.96. The molecular formula is C14H25N5. The monoisotopic (exact) mass is 263 g/mol. The Bertz CT molecular complexity index is 412. The zero-order valence-corrected chi connectivity index (χ0v) is 12.5. The molecule has 5 heteroatoms. The second-order valence-corrected chi connectivity index (χ2v) is 5.55. The summed E-state index contributed by atoms with van der Waals surface area (Å²) in [5, 5.41) is 3.12. The van der Waals surface area contributed by atoms with Crippen LogP contribution in [0.2, 0.25) is 0 Å². The topological polar surface area (TPSA) is 44.3 Å². The van der Waals surface area contributed by atoms with E-state index in [0.29, 0.717) is 0 Å². The molecule has 0 amide bonds. The number of likely N-dealkylation sites (tertiary alicyclic amines) is 1. The number of aromatic nitrogens is 2. The van der Waals surface area contributed by atoms with E-state index in [1.807, 2.05) is 7.05 Å². The molecule has 1 saturated heterocycles. The van der Waals surface area contributed by atoms with Crippen LogP contribution < -0.4 is 10.2 Å². The minimum atomic E-state index is 0.772. The van der Waals surface area contributed by atoms with E-state index in [1.54, 1.807) is 6.33 Å². The largest absolute Gasteiger partial charge is 0.373 e. The number of anilines is 2. The molecule has 2 heterocycles. The van der Waals surface area contributed by atoms with Crippen molar-refractivity contribution >= 4 is 11.6 Å². The summed E-state index contributed by atoms with van der Waals surface area (Å²) in [6.07, 6.45) is 4.20. The quantitative estimate of drug-likeness (QED) is 0.894. The maximum atomic E-state index is 4.43. The van der Waals surface area contributed by atoms with Gasteiger partial charge in [0.1, 0.15) is 18.0 Å². The molecule has 2 rings (SSSR count). The molecule has 19 heavy (non-hydrogen) atoms. The maximum absolute atomic E-state index is 4.43. The third-order valence-corrected chi connectivity index (χ3v) is 4.03. The molecule has 5 nitrogen and oxygen atoms in total. The van der Waals surface area contributed by atoms with Gasteiger partial charge >= 0.3 is 0 Å². The van der Waals surface area contributed by atoms with E-state index in [9.17, 15) is 0 Å². The van der Waals surface area contributed by atoms with Gasteiger partial charge in [-0.1, -0.05) is 0 Å². The van der Waals surface area contributed by atoms with Crippen LogP contribution in [0.5, 0.6) is 0 Å². The predicted molar refractivity (Wildman–Crippen MR) is 79.8 cm³/mol. The van der Waals surface area contributed by atoms with Gasteiger partial charge in [-0.2, -0.15) is 0 Å². The van der Waals surface area contributed by atoms with E-state index in [1.165, 1.54) is 25.9 Å². The molecule has 0 aliphatic carbocycles. The van der Waals surface area contributed by atoms with E-state index < -0.39 is 0 Å². The van der Waals surface area contributed by atoms with Gasteiger partial charge in [-0.15, -0.1) is 0 Å². The van der Waals surface area contributed by atoms with Crippen LogP contribution >= 0.6 is 0 Å². The van der Waals surface area contributed by atoms with Gasteiger partial charge in [0.25, 0.3) is 0 Å². The Kier molecular flexibility index (Phi) is 4.58. The summed E-state index contributed by atoms with van der Waals surface area (Å²) in [4.78, 5) is 13.4. The van der Waals surface area contributed by atoms with Gasteiger partial charge < -0.3 is 15.1 Å². The van der Waals surface area contributed by atoms with Crippen LogP contribution in [0.25, 0.3) is 0 Å². The van der Waals surface area contributed by atoms with E-state index >= 15 is 0 Å². The van der Waals surface area contributed by atoms with Crippen LogP contribution in [0.4, 0.5) is 11.6 Å². The Morgan fingerprint density at radius 1 is 1.37 bits per heavy atom. The molecule has 1 aromatic heterocycles. The van der Waals surface area contributed by atoms with Gasteiger partial charge in [0, 0.05) is 26.2 Å². The molecule has 0 aromatic carbocycles. The second kappa shape index (κ2) is 6.19. The molecule has 0 saturated carbocycles. The Hall–Kier alpha value is -1.36. The average molecular weight is 263 g/mol. The molecule has 0 radical (unpaired) electrons. The molecule has 0 spiro atoms. The van der Waals surface area contributed by atoms with Crippen LogP contribution in [0.1, 0.15) is 18.4 Å². The fraction of sp³-hybridized carbons (Fsp3) is 0.714. The second-order valence-electron chi connectivity index (χ2n) is 5.55. The number of nitrogens with zero attached hydrogens (tertiary/aromatic N) is 4. The highest BCUT2D eigenvalue weighted by molar-refractivity contribution is 5.57. The normalized spacial score (nSPS) is 17.5. The number of piperidine rings is 1. The van der Waals surface area contributed by atoms with Crippen molar-refractivity contribution in [1.29, 1.82) is 0 Å². The van der Waals surface area contributed by atoms with Crippen molar-refractivity contribution in [2.45, 2.75) is 19.8 Å². The van der Waals surface area contributed by atoms with Crippen LogP contribution in [-0.4, -0.2) is 55.6 Å².